The third kappa shape index (κ3) is 4.74. The lowest BCUT2D eigenvalue weighted by molar-refractivity contribution is 0.146. The molecule has 0 amide bonds. The minimum absolute atomic E-state index is 0.296. The van der Waals surface area contributed by atoms with Crippen molar-refractivity contribution in [3.63, 3.8) is 0 Å². The second kappa shape index (κ2) is 9.29. The van der Waals surface area contributed by atoms with Gasteiger partial charge in [-0.1, -0.05) is 18.0 Å². The molecule has 0 aliphatic carbocycles. The van der Waals surface area contributed by atoms with Crippen LogP contribution in [0.1, 0.15) is 42.2 Å². The van der Waals surface area contributed by atoms with Crippen LogP contribution in [0, 0.1) is 0 Å². The zero-order valence-electron chi connectivity index (χ0n) is 18.2. The molecule has 0 saturated carbocycles. The number of piperazine rings is 1. The van der Waals surface area contributed by atoms with Crippen molar-refractivity contribution >= 4 is 11.0 Å². The maximum absolute atomic E-state index is 13.0. The SMILES string of the molecule is CC(c1ccnc(Cc2nc3cc(-c4cc(C(F)F)ncn4)ccc3[n-]2)c1)N1CCNCC1. The van der Waals surface area contributed by atoms with Crippen LogP contribution in [0.3, 0.4) is 0 Å². The van der Waals surface area contributed by atoms with Crippen LogP contribution in [0.15, 0.2) is 48.9 Å². The summed E-state index contributed by atoms with van der Waals surface area (Å²) >= 11 is 0. The van der Waals surface area contributed by atoms with Gasteiger partial charge in [0.25, 0.3) is 6.43 Å². The van der Waals surface area contributed by atoms with Crippen molar-refractivity contribution in [3.05, 3.63) is 71.7 Å². The predicted molar refractivity (Wildman–Crippen MR) is 121 cm³/mol. The van der Waals surface area contributed by atoms with Crippen LogP contribution in [0.25, 0.3) is 22.3 Å². The van der Waals surface area contributed by atoms with Gasteiger partial charge in [-0.05, 0) is 47.8 Å². The molecule has 3 aromatic heterocycles. The van der Waals surface area contributed by atoms with Crippen molar-refractivity contribution < 1.29 is 8.78 Å². The third-order valence-electron chi connectivity index (χ3n) is 6.04. The summed E-state index contributed by atoms with van der Waals surface area (Å²) in [5.41, 5.74) is 4.44. The average Bonchev–Trinajstić information content (AvgIpc) is 3.25. The predicted octanol–water partition coefficient (Wildman–Crippen LogP) is 3.54. The first-order valence-electron chi connectivity index (χ1n) is 11.0. The number of rotatable bonds is 6. The van der Waals surface area contributed by atoms with Crippen molar-refractivity contribution in [3.8, 4) is 11.3 Å². The Morgan fingerprint density at radius 2 is 1.91 bits per heavy atom. The Bertz CT molecular complexity index is 1250. The lowest BCUT2D eigenvalue weighted by Crippen LogP contribution is -2.44. The number of fused-ring (bicyclic) bond motifs is 1. The molecule has 1 fully saturated rings. The summed E-state index contributed by atoms with van der Waals surface area (Å²) in [5, 5.41) is 3.39. The van der Waals surface area contributed by atoms with Gasteiger partial charge in [0.05, 0.1) is 5.69 Å². The van der Waals surface area contributed by atoms with Crippen molar-refractivity contribution in [2.75, 3.05) is 26.2 Å². The minimum Gasteiger partial charge on any atom is -0.439 e. The number of hydrogen-bond acceptors (Lipinski definition) is 6. The zero-order valence-corrected chi connectivity index (χ0v) is 18.2. The summed E-state index contributed by atoms with van der Waals surface area (Å²) < 4.78 is 26.0. The van der Waals surface area contributed by atoms with Gasteiger partial charge < -0.3 is 15.3 Å². The van der Waals surface area contributed by atoms with Crippen LogP contribution in [-0.2, 0) is 6.42 Å². The van der Waals surface area contributed by atoms with Crippen LogP contribution in [-0.4, -0.2) is 51.0 Å². The van der Waals surface area contributed by atoms with Gasteiger partial charge in [0.1, 0.15) is 12.0 Å². The number of nitrogens with zero attached hydrogens (tertiary/aromatic N) is 6. The van der Waals surface area contributed by atoms with Crippen LogP contribution < -0.4 is 10.3 Å². The van der Waals surface area contributed by atoms with Crippen molar-refractivity contribution in [1.82, 2.24) is 35.1 Å². The fourth-order valence-electron chi connectivity index (χ4n) is 4.19. The molecule has 7 nitrogen and oxygen atoms in total. The Labute approximate surface area is 190 Å². The Balaban J connectivity index is 1.36. The standard InChI is InChI=1S/C24H24F2N7/c1-15(33-8-6-27-7-9-33)16-4-5-28-18(10-16)12-23-31-19-3-2-17(11-21(19)32-23)20-13-22(24(25)26)30-14-29-20/h2-5,10-11,13-15,24,27H,6-9,12H2,1H3/q-1. The van der Waals surface area contributed by atoms with Crippen LogP contribution in [0.4, 0.5) is 8.78 Å². The van der Waals surface area contributed by atoms with E-state index in [9.17, 15) is 8.78 Å². The molecule has 33 heavy (non-hydrogen) atoms. The summed E-state index contributed by atoms with van der Waals surface area (Å²) in [6.07, 6.45) is 0.886. The maximum atomic E-state index is 13.0. The quantitative estimate of drug-likeness (QED) is 0.483. The average molecular weight is 449 g/mol. The smallest absolute Gasteiger partial charge is 0.280 e. The number of aromatic nitrogens is 5. The highest BCUT2D eigenvalue weighted by Crippen LogP contribution is 2.25. The van der Waals surface area contributed by atoms with E-state index in [1.807, 2.05) is 24.4 Å². The molecular weight excluding hydrogens is 424 g/mol. The number of pyridine rings is 1. The highest BCUT2D eigenvalue weighted by Gasteiger charge is 2.18. The molecule has 1 atom stereocenters. The van der Waals surface area contributed by atoms with Gasteiger partial charge >= 0.3 is 0 Å². The second-order valence-corrected chi connectivity index (χ2v) is 8.19. The molecule has 0 radical (unpaired) electrons. The van der Waals surface area contributed by atoms with Gasteiger partial charge in [0, 0.05) is 56.1 Å². The Morgan fingerprint density at radius 3 is 2.73 bits per heavy atom. The van der Waals surface area contributed by atoms with Crippen molar-refractivity contribution in [1.29, 1.82) is 0 Å². The van der Waals surface area contributed by atoms with Gasteiger partial charge in [-0.2, -0.15) is 0 Å². The first-order valence-corrected chi connectivity index (χ1v) is 11.0. The molecule has 1 unspecified atom stereocenters. The van der Waals surface area contributed by atoms with E-state index in [4.69, 9.17) is 0 Å². The number of benzene rings is 1. The molecular formula is C24H24F2N7-. The summed E-state index contributed by atoms with van der Waals surface area (Å²) in [5.74, 6) is 0.678. The normalized spacial score (nSPS) is 15.9. The summed E-state index contributed by atoms with van der Waals surface area (Å²) in [7, 11) is 0. The molecule has 0 bridgehead atoms. The van der Waals surface area contributed by atoms with Gasteiger partial charge in [-0.3, -0.25) is 9.88 Å². The van der Waals surface area contributed by atoms with Gasteiger partial charge in [0.2, 0.25) is 0 Å². The molecule has 5 rings (SSSR count). The number of imidazole rings is 1. The van der Waals surface area contributed by atoms with Gasteiger partial charge in [-0.25, -0.2) is 18.7 Å². The fraction of sp³-hybridized carbons (Fsp3) is 0.333. The van der Waals surface area contributed by atoms with E-state index < -0.39 is 6.43 Å². The van der Waals surface area contributed by atoms with E-state index in [1.165, 1.54) is 11.6 Å². The molecule has 170 valence electrons. The number of alkyl halides is 2. The Kier molecular flexibility index (Phi) is 6.06. The summed E-state index contributed by atoms with van der Waals surface area (Å²) in [6.45, 7) is 6.31. The number of nitrogens with one attached hydrogen (secondary N) is 1. The number of halogens is 2. The molecule has 9 heteroatoms. The van der Waals surface area contributed by atoms with E-state index >= 15 is 0 Å². The van der Waals surface area contributed by atoms with Gasteiger partial charge in [-0.15, -0.1) is 0 Å². The monoisotopic (exact) mass is 448 g/mol. The summed E-state index contributed by atoms with van der Waals surface area (Å²) in [4.78, 5) is 24.0. The molecule has 4 aromatic rings. The minimum atomic E-state index is -2.64. The van der Waals surface area contributed by atoms with E-state index in [-0.39, 0.29) is 5.69 Å². The fourth-order valence-corrected chi connectivity index (χ4v) is 4.19. The highest BCUT2D eigenvalue weighted by molar-refractivity contribution is 5.81. The Morgan fingerprint density at radius 1 is 1.06 bits per heavy atom. The highest BCUT2D eigenvalue weighted by atomic mass is 19.3. The first kappa shape index (κ1) is 21.5. The van der Waals surface area contributed by atoms with Crippen molar-refractivity contribution in [2.45, 2.75) is 25.8 Å². The van der Waals surface area contributed by atoms with Crippen LogP contribution >= 0.6 is 0 Å². The third-order valence-corrected chi connectivity index (χ3v) is 6.04. The molecule has 4 heterocycles. The lowest BCUT2D eigenvalue weighted by atomic mass is 10.1. The molecule has 0 spiro atoms. The second-order valence-electron chi connectivity index (χ2n) is 8.19. The van der Waals surface area contributed by atoms with Crippen LogP contribution in [0.2, 0.25) is 0 Å². The Hall–Kier alpha value is -3.30. The molecule has 1 N–H and O–H groups in total. The molecule has 1 aliphatic rings. The largest absolute Gasteiger partial charge is 0.439 e. The molecule has 1 aromatic carbocycles. The van der Waals surface area contributed by atoms with Gasteiger partial charge in [0.15, 0.2) is 0 Å². The van der Waals surface area contributed by atoms with E-state index in [0.717, 1.165) is 43.7 Å². The van der Waals surface area contributed by atoms with E-state index in [2.05, 4.69) is 54.2 Å². The van der Waals surface area contributed by atoms with E-state index in [0.29, 0.717) is 35.1 Å². The van der Waals surface area contributed by atoms with Crippen LogP contribution in [0.5, 0.6) is 0 Å². The zero-order chi connectivity index (χ0) is 22.8. The maximum Gasteiger partial charge on any atom is 0.280 e. The number of hydrogen-bond donors (Lipinski definition) is 1. The molecule has 1 saturated heterocycles. The lowest BCUT2D eigenvalue weighted by Gasteiger charge is -2.33. The first-order chi connectivity index (χ1) is 16.1. The topological polar surface area (TPSA) is 80.9 Å². The van der Waals surface area contributed by atoms with Crippen molar-refractivity contribution in [2.24, 2.45) is 0 Å². The molecule has 1 aliphatic heterocycles. The van der Waals surface area contributed by atoms with E-state index in [1.54, 1.807) is 0 Å². The summed E-state index contributed by atoms with van der Waals surface area (Å²) in [6, 6.07) is 11.3.